The quantitative estimate of drug-likeness (QED) is 0.898. The van der Waals surface area contributed by atoms with Crippen molar-refractivity contribution in [3.8, 4) is 0 Å². The Morgan fingerprint density at radius 3 is 2.67 bits per heavy atom. The molecule has 0 atom stereocenters. The first-order valence-electron chi connectivity index (χ1n) is 6.52. The number of carbonyl (C=O) groups excluding carboxylic acids is 1. The second-order valence-corrected chi connectivity index (χ2v) is 4.78. The molecule has 5 heteroatoms. The van der Waals surface area contributed by atoms with E-state index in [0.29, 0.717) is 5.69 Å². The van der Waals surface area contributed by atoms with E-state index in [1.165, 1.54) is 19.1 Å². The molecule has 0 unspecified atom stereocenters. The number of anilines is 2. The molecule has 3 nitrogen and oxygen atoms in total. The van der Waals surface area contributed by atoms with E-state index in [2.05, 4.69) is 10.6 Å². The van der Waals surface area contributed by atoms with Gasteiger partial charge in [0.25, 0.3) is 0 Å². The van der Waals surface area contributed by atoms with Crippen LogP contribution in [0.2, 0.25) is 0 Å². The van der Waals surface area contributed by atoms with Crippen molar-refractivity contribution in [3.05, 3.63) is 59.2 Å². The number of benzene rings is 2. The Morgan fingerprint density at radius 2 is 1.95 bits per heavy atom. The summed E-state index contributed by atoms with van der Waals surface area (Å²) in [5.74, 6) is -1.88. The second kappa shape index (κ2) is 6.35. The van der Waals surface area contributed by atoms with Crippen molar-refractivity contribution in [2.45, 2.75) is 20.4 Å². The van der Waals surface area contributed by atoms with Crippen LogP contribution in [0.3, 0.4) is 0 Å². The van der Waals surface area contributed by atoms with Gasteiger partial charge in [0, 0.05) is 30.4 Å². The highest BCUT2D eigenvalue weighted by molar-refractivity contribution is 5.89. The van der Waals surface area contributed by atoms with Crippen LogP contribution in [0.5, 0.6) is 0 Å². The van der Waals surface area contributed by atoms with Crippen molar-refractivity contribution in [1.29, 1.82) is 0 Å². The molecule has 2 aromatic carbocycles. The minimum absolute atomic E-state index is 0.161. The lowest BCUT2D eigenvalue weighted by atomic mass is 10.1. The molecule has 2 aromatic rings. The Bertz CT molecular complexity index is 671. The van der Waals surface area contributed by atoms with Gasteiger partial charge in [0.2, 0.25) is 5.91 Å². The third kappa shape index (κ3) is 3.78. The number of hydrogen-bond acceptors (Lipinski definition) is 2. The molecule has 21 heavy (non-hydrogen) atoms. The van der Waals surface area contributed by atoms with E-state index in [0.717, 1.165) is 17.3 Å². The van der Waals surface area contributed by atoms with Gasteiger partial charge in [-0.2, -0.15) is 0 Å². The van der Waals surface area contributed by atoms with Crippen molar-refractivity contribution in [3.63, 3.8) is 0 Å². The predicted molar refractivity (Wildman–Crippen MR) is 79.2 cm³/mol. The first kappa shape index (κ1) is 15.0. The molecule has 110 valence electrons. The first-order valence-corrected chi connectivity index (χ1v) is 6.52. The maximum atomic E-state index is 13.6. The number of halogens is 2. The Kier molecular flexibility index (Phi) is 4.52. The van der Waals surface area contributed by atoms with Crippen LogP contribution in [0.4, 0.5) is 20.2 Å². The number of carbonyl (C=O) groups is 1. The molecule has 0 aliphatic carbocycles. The average molecular weight is 290 g/mol. The molecule has 0 bridgehead atoms. The van der Waals surface area contributed by atoms with Crippen molar-refractivity contribution in [2.75, 3.05) is 10.6 Å². The second-order valence-electron chi connectivity index (χ2n) is 4.78. The van der Waals surface area contributed by atoms with Gasteiger partial charge in [0.1, 0.15) is 0 Å². The van der Waals surface area contributed by atoms with E-state index in [1.54, 1.807) is 12.1 Å². The van der Waals surface area contributed by atoms with E-state index in [1.807, 2.05) is 13.0 Å². The molecule has 0 heterocycles. The lowest BCUT2D eigenvalue weighted by molar-refractivity contribution is -0.114. The summed E-state index contributed by atoms with van der Waals surface area (Å²) in [5.41, 5.74) is 2.60. The Balaban J connectivity index is 2.15. The number of hydrogen-bond donors (Lipinski definition) is 2. The van der Waals surface area contributed by atoms with Crippen LogP contribution in [0, 0.1) is 18.6 Å². The number of aryl methyl sites for hydroxylation is 1. The molecular formula is C16H16F2N2O. The maximum Gasteiger partial charge on any atom is 0.221 e. The molecule has 0 spiro atoms. The molecule has 0 aliphatic rings. The van der Waals surface area contributed by atoms with Gasteiger partial charge >= 0.3 is 0 Å². The molecule has 0 saturated heterocycles. The van der Waals surface area contributed by atoms with Crippen molar-refractivity contribution in [2.24, 2.45) is 0 Å². The van der Waals surface area contributed by atoms with E-state index in [4.69, 9.17) is 0 Å². The van der Waals surface area contributed by atoms with E-state index < -0.39 is 11.6 Å². The molecule has 0 saturated carbocycles. The number of amides is 1. The maximum absolute atomic E-state index is 13.6. The highest BCUT2D eigenvalue weighted by atomic mass is 19.2. The fraction of sp³-hybridized carbons (Fsp3) is 0.188. The van der Waals surface area contributed by atoms with E-state index in [9.17, 15) is 13.6 Å². The molecule has 1 amide bonds. The number of nitrogens with one attached hydrogen (secondary N) is 2. The minimum atomic E-state index is -0.863. The topological polar surface area (TPSA) is 41.1 Å². The molecule has 0 aromatic heterocycles. The lowest BCUT2D eigenvalue weighted by Gasteiger charge is -2.12. The van der Waals surface area contributed by atoms with Crippen LogP contribution < -0.4 is 10.6 Å². The zero-order chi connectivity index (χ0) is 15.4. The Morgan fingerprint density at radius 1 is 1.19 bits per heavy atom. The third-order valence-electron chi connectivity index (χ3n) is 3.06. The predicted octanol–water partition coefficient (Wildman–Crippen LogP) is 3.84. The molecule has 2 N–H and O–H groups in total. The number of rotatable bonds is 4. The largest absolute Gasteiger partial charge is 0.381 e. The summed E-state index contributed by atoms with van der Waals surface area (Å²) in [6, 6.07) is 9.46. The summed E-state index contributed by atoms with van der Waals surface area (Å²) in [6.45, 7) is 3.48. The van der Waals surface area contributed by atoms with Gasteiger partial charge in [-0.05, 0) is 30.7 Å². The zero-order valence-electron chi connectivity index (χ0n) is 11.8. The highest BCUT2D eigenvalue weighted by Crippen LogP contribution is 2.22. The van der Waals surface area contributed by atoms with Crippen molar-refractivity contribution in [1.82, 2.24) is 0 Å². The monoisotopic (exact) mass is 290 g/mol. The van der Waals surface area contributed by atoms with Crippen LogP contribution in [0.25, 0.3) is 0 Å². The van der Waals surface area contributed by atoms with Gasteiger partial charge in [0.05, 0.1) is 0 Å². The van der Waals surface area contributed by atoms with Gasteiger partial charge in [-0.1, -0.05) is 18.2 Å². The van der Waals surface area contributed by atoms with E-state index in [-0.39, 0.29) is 18.0 Å². The normalized spacial score (nSPS) is 10.3. The fourth-order valence-corrected chi connectivity index (χ4v) is 1.97. The van der Waals surface area contributed by atoms with Crippen molar-refractivity contribution < 1.29 is 13.6 Å². The lowest BCUT2D eigenvalue weighted by Crippen LogP contribution is -2.08. The third-order valence-corrected chi connectivity index (χ3v) is 3.06. The summed E-state index contributed by atoms with van der Waals surface area (Å²) in [7, 11) is 0. The van der Waals surface area contributed by atoms with Crippen molar-refractivity contribution >= 4 is 17.3 Å². The minimum Gasteiger partial charge on any atom is -0.381 e. The van der Waals surface area contributed by atoms with Gasteiger partial charge in [0.15, 0.2) is 11.6 Å². The summed E-state index contributed by atoms with van der Waals surface area (Å²) in [4.78, 5) is 11.0. The van der Waals surface area contributed by atoms with Gasteiger partial charge in [-0.25, -0.2) is 8.78 Å². The molecule has 0 fully saturated rings. The smallest absolute Gasteiger partial charge is 0.221 e. The average Bonchev–Trinajstić information content (AvgIpc) is 2.43. The standard InChI is InChI=1S/C16H16F2N2O/c1-10-6-7-13(20-11(2)21)8-15(10)19-9-12-4-3-5-14(17)16(12)18/h3-8,19H,9H2,1-2H3,(H,20,21). The first-order chi connectivity index (χ1) is 9.97. The highest BCUT2D eigenvalue weighted by Gasteiger charge is 2.08. The van der Waals surface area contributed by atoms with E-state index >= 15 is 0 Å². The van der Waals surface area contributed by atoms with Gasteiger partial charge in [-0.3, -0.25) is 4.79 Å². The molecule has 0 radical (unpaired) electrons. The molecule has 2 rings (SSSR count). The van der Waals surface area contributed by atoms with Crippen LogP contribution in [-0.4, -0.2) is 5.91 Å². The van der Waals surface area contributed by atoms with Crippen LogP contribution >= 0.6 is 0 Å². The van der Waals surface area contributed by atoms with Gasteiger partial charge in [-0.15, -0.1) is 0 Å². The molecule has 0 aliphatic heterocycles. The zero-order valence-corrected chi connectivity index (χ0v) is 11.8. The fourth-order valence-electron chi connectivity index (χ4n) is 1.97. The molecular weight excluding hydrogens is 274 g/mol. The summed E-state index contributed by atoms with van der Waals surface area (Å²) in [6.07, 6.45) is 0. The Hall–Kier alpha value is -2.43. The Labute approximate surface area is 122 Å². The van der Waals surface area contributed by atoms with Crippen LogP contribution in [-0.2, 0) is 11.3 Å². The summed E-state index contributed by atoms with van der Waals surface area (Å²) >= 11 is 0. The summed E-state index contributed by atoms with van der Waals surface area (Å²) < 4.78 is 26.7. The van der Waals surface area contributed by atoms with Gasteiger partial charge < -0.3 is 10.6 Å². The summed E-state index contributed by atoms with van der Waals surface area (Å²) in [5, 5.41) is 5.73. The van der Waals surface area contributed by atoms with Crippen LogP contribution in [0.1, 0.15) is 18.1 Å². The SMILES string of the molecule is CC(=O)Nc1ccc(C)c(NCc2cccc(F)c2F)c1. The van der Waals surface area contributed by atoms with Crippen LogP contribution in [0.15, 0.2) is 36.4 Å².